The van der Waals surface area contributed by atoms with Crippen LogP contribution in [0.5, 0.6) is 0 Å². The molecule has 0 bridgehead atoms. The number of carboxylic acid groups (broad SMARTS) is 1. The summed E-state index contributed by atoms with van der Waals surface area (Å²) in [5.41, 5.74) is 0. The van der Waals surface area contributed by atoms with Crippen LogP contribution in [0.15, 0.2) is 24.3 Å². The van der Waals surface area contributed by atoms with Gasteiger partial charge in [0.1, 0.15) is 6.17 Å². The van der Waals surface area contributed by atoms with Crippen LogP contribution in [0.4, 0.5) is 4.39 Å². The molecule has 0 amide bonds. The van der Waals surface area contributed by atoms with Crippen molar-refractivity contribution in [2.24, 2.45) is 17.8 Å². The van der Waals surface area contributed by atoms with E-state index in [0.29, 0.717) is 31.6 Å². The molecule has 4 nitrogen and oxygen atoms in total. The van der Waals surface area contributed by atoms with Crippen molar-refractivity contribution in [2.75, 3.05) is 0 Å². The summed E-state index contributed by atoms with van der Waals surface area (Å²) in [6, 6.07) is 0. The molecule has 1 unspecified atom stereocenters. The first-order valence-corrected chi connectivity index (χ1v) is 9.91. The molecule has 1 aliphatic carbocycles. The van der Waals surface area contributed by atoms with E-state index in [4.69, 9.17) is 5.11 Å². The maximum atomic E-state index is 13.8. The predicted octanol–water partition coefficient (Wildman–Crippen LogP) is 4.27. The van der Waals surface area contributed by atoms with E-state index in [9.17, 15) is 19.4 Å². The maximum absolute atomic E-state index is 13.8. The van der Waals surface area contributed by atoms with Crippen LogP contribution in [-0.4, -0.2) is 39.7 Å². The Labute approximate surface area is 156 Å². The van der Waals surface area contributed by atoms with Crippen LogP contribution >= 0.6 is 0 Å². The molecule has 6 atom stereocenters. The fraction of sp³-hybridized carbons (Fsp3) is 0.762. The van der Waals surface area contributed by atoms with Gasteiger partial charge in [-0.25, -0.2) is 9.18 Å². The lowest BCUT2D eigenvalue weighted by atomic mass is 9.87. The van der Waals surface area contributed by atoms with Gasteiger partial charge >= 0.3 is 5.97 Å². The second-order valence-corrected chi connectivity index (χ2v) is 7.56. The minimum atomic E-state index is -1.33. The molecule has 0 spiro atoms. The highest BCUT2D eigenvalue weighted by molar-refractivity contribution is 5.71. The van der Waals surface area contributed by atoms with Gasteiger partial charge in [0, 0.05) is 0 Å². The quantitative estimate of drug-likeness (QED) is 0.448. The van der Waals surface area contributed by atoms with Crippen molar-refractivity contribution in [3.63, 3.8) is 0 Å². The topological polar surface area (TPSA) is 77.8 Å². The number of halogens is 1. The number of carboxylic acids is 1. The standard InChI is InChI=1S/C21H35FO4/c1-3-4-9-16(22)10-8-12-17-15(2)14-20(24)18(17)11-6-5-7-13-19(23)21(25)26/h5-6,8,12,15-20,23-24H,3-4,7,9-11,13-14H2,1-2H3,(H,25,26)/t15-,16-,17+,18-,19?,20+/m1/s1. The number of hydrogen-bond donors (Lipinski definition) is 3. The molecule has 5 heteroatoms. The molecule has 1 rings (SSSR count). The molecule has 26 heavy (non-hydrogen) atoms. The SMILES string of the molecule is CCCC[C@@H](F)CC=C[C@@H]1[C@@H](CC=CCCC(O)C(=O)O)[C@@H](O)C[C@H]1C. The number of rotatable bonds is 12. The van der Waals surface area contributed by atoms with Gasteiger partial charge in [-0.15, -0.1) is 0 Å². The lowest BCUT2D eigenvalue weighted by Crippen LogP contribution is -2.19. The van der Waals surface area contributed by atoms with Crippen molar-refractivity contribution in [3.8, 4) is 0 Å². The van der Waals surface area contributed by atoms with Crippen LogP contribution in [0.3, 0.4) is 0 Å². The molecule has 0 radical (unpaired) electrons. The van der Waals surface area contributed by atoms with E-state index < -0.39 is 18.2 Å². The van der Waals surface area contributed by atoms with Gasteiger partial charge in [-0.1, -0.05) is 51.0 Å². The Kier molecular flexibility index (Phi) is 10.7. The first kappa shape index (κ1) is 22.8. The fourth-order valence-corrected chi connectivity index (χ4v) is 3.71. The molecule has 1 saturated carbocycles. The zero-order valence-corrected chi connectivity index (χ0v) is 16.1. The number of alkyl halides is 1. The summed E-state index contributed by atoms with van der Waals surface area (Å²) in [7, 11) is 0. The number of aliphatic hydroxyl groups is 2. The first-order chi connectivity index (χ1) is 12.4. The van der Waals surface area contributed by atoms with Gasteiger partial charge in [0.25, 0.3) is 0 Å². The van der Waals surface area contributed by atoms with Crippen LogP contribution in [0, 0.1) is 17.8 Å². The van der Waals surface area contributed by atoms with Crippen molar-refractivity contribution >= 4 is 5.97 Å². The predicted molar refractivity (Wildman–Crippen MR) is 102 cm³/mol. The molecule has 0 aromatic carbocycles. The molecule has 0 saturated heterocycles. The maximum Gasteiger partial charge on any atom is 0.332 e. The molecule has 0 heterocycles. The van der Waals surface area contributed by atoms with Gasteiger partial charge in [-0.05, 0) is 56.3 Å². The van der Waals surface area contributed by atoms with Crippen LogP contribution in [0.25, 0.3) is 0 Å². The van der Waals surface area contributed by atoms with Gasteiger partial charge in [0.05, 0.1) is 6.10 Å². The molecule has 3 N–H and O–H groups in total. The summed E-state index contributed by atoms with van der Waals surface area (Å²) in [6.07, 6.45) is 10.5. The van der Waals surface area contributed by atoms with Crippen molar-refractivity contribution in [1.82, 2.24) is 0 Å². The van der Waals surface area contributed by atoms with Crippen LogP contribution in [0.1, 0.15) is 65.2 Å². The highest BCUT2D eigenvalue weighted by Crippen LogP contribution is 2.40. The van der Waals surface area contributed by atoms with E-state index in [2.05, 4.69) is 19.9 Å². The van der Waals surface area contributed by atoms with E-state index in [1.165, 1.54) is 0 Å². The molecule has 1 fully saturated rings. The van der Waals surface area contributed by atoms with Gasteiger partial charge in [0.15, 0.2) is 6.10 Å². The van der Waals surface area contributed by atoms with Crippen LogP contribution in [0.2, 0.25) is 0 Å². The van der Waals surface area contributed by atoms with Crippen molar-refractivity contribution in [1.29, 1.82) is 0 Å². The molecule has 1 aliphatic rings. The highest BCUT2D eigenvalue weighted by atomic mass is 19.1. The Morgan fingerprint density at radius 3 is 2.65 bits per heavy atom. The van der Waals surface area contributed by atoms with Gasteiger partial charge in [-0.2, -0.15) is 0 Å². The number of aliphatic carboxylic acids is 1. The largest absolute Gasteiger partial charge is 0.479 e. The lowest BCUT2D eigenvalue weighted by Gasteiger charge is -2.20. The summed E-state index contributed by atoms with van der Waals surface area (Å²) in [5, 5.41) is 28.2. The Morgan fingerprint density at radius 2 is 2.00 bits per heavy atom. The Bertz CT molecular complexity index is 463. The Balaban J connectivity index is 2.47. The summed E-state index contributed by atoms with van der Waals surface area (Å²) in [6.45, 7) is 4.18. The monoisotopic (exact) mass is 370 g/mol. The minimum absolute atomic E-state index is 0.107. The normalized spacial score (nSPS) is 28.8. The molecule has 0 aliphatic heterocycles. The third-order valence-corrected chi connectivity index (χ3v) is 5.35. The number of hydrogen-bond acceptors (Lipinski definition) is 3. The van der Waals surface area contributed by atoms with Crippen molar-refractivity contribution < 1.29 is 24.5 Å². The molecule has 0 aromatic heterocycles. The fourth-order valence-electron chi connectivity index (χ4n) is 3.71. The van der Waals surface area contributed by atoms with Gasteiger partial charge in [-0.3, -0.25) is 0 Å². The zero-order valence-electron chi connectivity index (χ0n) is 16.1. The second-order valence-electron chi connectivity index (χ2n) is 7.56. The molecular weight excluding hydrogens is 335 g/mol. The number of carbonyl (C=O) groups is 1. The summed E-state index contributed by atoms with van der Waals surface area (Å²) < 4.78 is 13.8. The van der Waals surface area contributed by atoms with Crippen molar-refractivity contribution in [2.45, 2.75) is 83.6 Å². The van der Waals surface area contributed by atoms with Crippen LogP contribution in [-0.2, 0) is 4.79 Å². The third kappa shape index (κ3) is 8.00. The van der Waals surface area contributed by atoms with E-state index in [1.54, 1.807) is 0 Å². The van der Waals surface area contributed by atoms with E-state index in [1.807, 2.05) is 18.2 Å². The number of allylic oxidation sites excluding steroid dienone is 4. The summed E-state index contributed by atoms with van der Waals surface area (Å²) >= 11 is 0. The van der Waals surface area contributed by atoms with Crippen molar-refractivity contribution in [3.05, 3.63) is 24.3 Å². The zero-order chi connectivity index (χ0) is 19.5. The Hall–Kier alpha value is -1.20. The number of aliphatic hydroxyl groups excluding tert-OH is 2. The molecular formula is C21H35FO4. The average Bonchev–Trinajstić information content (AvgIpc) is 2.86. The van der Waals surface area contributed by atoms with Crippen LogP contribution < -0.4 is 0 Å². The first-order valence-electron chi connectivity index (χ1n) is 9.91. The summed E-state index contributed by atoms with van der Waals surface area (Å²) in [5.74, 6) is -0.496. The molecule has 150 valence electrons. The smallest absolute Gasteiger partial charge is 0.332 e. The van der Waals surface area contributed by atoms with E-state index >= 15 is 0 Å². The third-order valence-electron chi connectivity index (χ3n) is 5.35. The minimum Gasteiger partial charge on any atom is -0.479 e. The molecule has 0 aromatic rings. The van der Waals surface area contributed by atoms with E-state index in [-0.39, 0.29) is 24.4 Å². The van der Waals surface area contributed by atoms with Gasteiger partial charge < -0.3 is 15.3 Å². The second kappa shape index (κ2) is 12.2. The average molecular weight is 371 g/mol. The Morgan fingerprint density at radius 1 is 1.27 bits per heavy atom. The lowest BCUT2D eigenvalue weighted by molar-refractivity contribution is -0.146. The highest BCUT2D eigenvalue weighted by Gasteiger charge is 2.37. The van der Waals surface area contributed by atoms with E-state index in [0.717, 1.165) is 19.3 Å². The number of unbranched alkanes of at least 4 members (excludes halogenated alkanes) is 1. The van der Waals surface area contributed by atoms with Gasteiger partial charge in [0.2, 0.25) is 0 Å². The summed E-state index contributed by atoms with van der Waals surface area (Å²) in [4.78, 5) is 10.6.